The third kappa shape index (κ3) is 2.42. The molecule has 8 heteroatoms. The third-order valence-electron chi connectivity index (χ3n) is 4.14. The highest BCUT2D eigenvalue weighted by Crippen LogP contribution is 2.37. The summed E-state index contributed by atoms with van der Waals surface area (Å²) < 4.78 is 5.65. The van der Waals surface area contributed by atoms with Gasteiger partial charge in [-0.1, -0.05) is 35.0 Å². The molecule has 0 aliphatic carbocycles. The third-order valence-corrected chi connectivity index (χ3v) is 5.26. The zero-order valence-corrected chi connectivity index (χ0v) is 14.8. The van der Waals surface area contributed by atoms with E-state index >= 15 is 0 Å². The first-order chi connectivity index (χ1) is 12.5. The number of aromatic nitrogens is 3. The van der Waals surface area contributed by atoms with Crippen molar-refractivity contribution in [3.05, 3.63) is 52.5 Å². The molecule has 0 bridgehead atoms. The molecule has 1 aromatic carbocycles. The first kappa shape index (κ1) is 16.2. The number of nitrogens with two attached hydrogens (primary N) is 1. The number of benzene rings is 1. The van der Waals surface area contributed by atoms with Crippen LogP contribution in [-0.4, -0.2) is 16.0 Å². The fraction of sp³-hybridized carbons (Fsp3) is 0.111. The smallest absolute Gasteiger partial charge is 0.305 e. The highest BCUT2D eigenvalue weighted by Gasteiger charge is 2.29. The predicted octanol–water partition coefficient (Wildman–Crippen LogP) is 1.97. The number of carbonyl (C=O) groups is 1. The molecule has 3 aromatic heterocycles. The highest BCUT2D eigenvalue weighted by atomic mass is 32.1. The molecule has 0 atom stereocenters. The summed E-state index contributed by atoms with van der Waals surface area (Å²) in [6, 6.07) is 11.7. The average Bonchev–Trinajstić information content (AvgIpc) is 3.14. The largest absolute Gasteiger partial charge is 0.539 e. The number of thiophene rings is 1. The van der Waals surface area contributed by atoms with Crippen LogP contribution in [0.4, 0.5) is 5.69 Å². The Morgan fingerprint density at radius 3 is 2.69 bits per heavy atom. The summed E-state index contributed by atoms with van der Waals surface area (Å²) in [4.78, 5) is 18.4. The minimum Gasteiger partial charge on any atom is -0.539 e. The van der Waals surface area contributed by atoms with Gasteiger partial charge in [-0.15, -0.1) is 11.3 Å². The molecule has 0 fully saturated rings. The summed E-state index contributed by atoms with van der Waals surface area (Å²) in [6.07, 6.45) is 0. The van der Waals surface area contributed by atoms with Crippen molar-refractivity contribution in [1.82, 2.24) is 10.3 Å². The molecule has 3 heterocycles. The monoisotopic (exact) mass is 366 g/mol. The lowest BCUT2D eigenvalue weighted by Crippen LogP contribution is -2.37. The Morgan fingerprint density at radius 2 is 2.04 bits per heavy atom. The second kappa shape index (κ2) is 5.92. The lowest BCUT2D eigenvalue weighted by atomic mass is 10.1. The molecule has 130 valence electrons. The summed E-state index contributed by atoms with van der Waals surface area (Å²) in [7, 11) is 1.47. The Balaban J connectivity index is 1.89. The van der Waals surface area contributed by atoms with E-state index < -0.39 is 11.7 Å². The molecule has 7 nitrogen and oxygen atoms in total. The molecular formula is C18H14N4O3S. The Morgan fingerprint density at radius 1 is 1.31 bits per heavy atom. The molecule has 0 spiro atoms. The van der Waals surface area contributed by atoms with Gasteiger partial charge in [0.15, 0.2) is 13.0 Å². The van der Waals surface area contributed by atoms with Gasteiger partial charge in [0.1, 0.15) is 9.71 Å². The summed E-state index contributed by atoms with van der Waals surface area (Å²) in [5.74, 6) is -1.30. The van der Waals surface area contributed by atoms with Gasteiger partial charge >= 0.3 is 5.69 Å². The van der Waals surface area contributed by atoms with E-state index in [2.05, 4.69) is 9.79 Å². The molecule has 0 aliphatic rings. The van der Waals surface area contributed by atoms with Crippen molar-refractivity contribution in [1.29, 1.82) is 0 Å². The Kier molecular flexibility index (Phi) is 3.69. The van der Waals surface area contributed by atoms with Crippen LogP contribution in [0.5, 0.6) is 5.95 Å². The number of hydrogen-bond acceptors (Lipinski definition) is 7. The number of fused-ring (bicyclic) bond motifs is 1. The fourth-order valence-corrected chi connectivity index (χ4v) is 3.88. The van der Waals surface area contributed by atoms with E-state index in [0.29, 0.717) is 15.9 Å². The normalized spacial score (nSPS) is 11.2. The van der Waals surface area contributed by atoms with Gasteiger partial charge in [-0.25, -0.2) is 4.98 Å². The number of nitrogen functional groups attached to an aromatic ring is 1. The molecule has 0 radical (unpaired) electrons. The molecule has 0 saturated heterocycles. The first-order valence-electron chi connectivity index (χ1n) is 7.80. The minimum atomic E-state index is -0.788. The van der Waals surface area contributed by atoms with Crippen molar-refractivity contribution in [2.45, 2.75) is 6.92 Å². The van der Waals surface area contributed by atoms with Crippen molar-refractivity contribution in [3.8, 4) is 17.2 Å². The minimum absolute atomic E-state index is 0.164. The first-order valence-corrected chi connectivity index (χ1v) is 8.61. The van der Waals surface area contributed by atoms with E-state index in [0.717, 1.165) is 32.8 Å². The standard InChI is InChI=1S/C18H14N4O3S/c1-9-8-11-12(19)16(15(23)14-18(24)25-21-22(14)2)26-17(11)20-13(9)10-6-4-3-5-7-10/h3-8H,1-2H3,(H2-,19,21,23,24). The molecule has 26 heavy (non-hydrogen) atoms. The van der Waals surface area contributed by atoms with Gasteiger partial charge in [0.25, 0.3) is 5.78 Å². The van der Waals surface area contributed by atoms with Crippen LogP contribution in [0.2, 0.25) is 0 Å². The van der Waals surface area contributed by atoms with E-state index in [1.807, 2.05) is 43.3 Å². The lowest BCUT2D eigenvalue weighted by Gasteiger charge is -2.05. The van der Waals surface area contributed by atoms with Crippen LogP contribution in [0, 0.1) is 6.92 Å². The zero-order chi connectivity index (χ0) is 18.4. The van der Waals surface area contributed by atoms with Crippen molar-refractivity contribution >= 4 is 33.0 Å². The maximum Gasteiger partial charge on any atom is 0.305 e. The molecule has 0 aliphatic heterocycles. The van der Waals surface area contributed by atoms with Crippen LogP contribution >= 0.6 is 11.3 Å². The highest BCUT2D eigenvalue weighted by molar-refractivity contribution is 7.21. The summed E-state index contributed by atoms with van der Waals surface area (Å²) >= 11 is 1.16. The van der Waals surface area contributed by atoms with Crippen molar-refractivity contribution in [2.24, 2.45) is 7.05 Å². The Labute approximate surface area is 152 Å². The van der Waals surface area contributed by atoms with E-state index in [4.69, 9.17) is 10.7 Å². The summed E-state index contributed by atoms with van der Waals surface area (Å²) in [6.45, 7) is 1.95. The molecule has 4 aromatic rings. The molecule has 4 rings (SSSR count). The summed E-state index contributed by atoms with van der Waals surface area (Å²) in [5, 5.41) is 15.9. The van der Waals surface area contributed by atoms with Gasteiger partial charge in [-0.2, -0.15) is 0 Å². The second-order valence-electron chi connectivity index (χ2n) is 5.88. The molecular weight excluding hydrogens is 352 g/mol. The molecule has 0 saturated carbocycles. The maximum atomic E-state index is 12.8. The van der Waals surface area contributed by atoms with Crippen molar-refractivity contribution in [3.63, 3.8) is 0 Å². The second-order valence-corrected chi connectivity index (χ2v) is 6.88. The van der Waals surface area contributed by atoms with Gasteiger partial charge in [-0.05, 0) is 18.6 Å². The van der Waals surface area contributed by atoms with Gasteiger partial charge in [0, 0.05) is 10.9 Å². The van der Waals surface area contributed by atoms with Crippen molar-refractivity contribution in [2.75, 3.05) is 5.73 Å². The van der Waals surface area contributed by atoms with Crippen LogP contribution in [0.25, 0.3) is 21.5 Å². The topological polar surface area (TPSA) is 109 Å². The van der Waals surface area contributed by atoms with Gasteiger partial charge in [0.2, 0.25) is 0 Å². The fourth-order valence-electron chi connectivity index (χ4n) is 2.86. The van der Waals surface area contributed by atoms with Crippen LogP contribution in [0.15, 0.2) is 40.9 Å². The molecule has 2 N–H and O–H groups in total. The van der Waals surface area contributed by atoms with Crippen LogP contribution in [0.3, 0.4) is 0 Å². The number of nitrogens with zero attached hydrogens (tertiary/aromatic N) is 3. The maximum absolute atomic E-state index is 12.8. The number of hydrogen-bond donors (Lipinski definition) is 1. The Bertz CT molecular complexity index is 1130. The number of anilines is 1. The van der Waals surface area contributed by atoms with Gasteiger partial charge < -0.3 is 15.4 Å². The number of ketones is 1. The predicted molar refractivity (Wildman–Crippen MR) is 94.8 cm³/mol. The summed E-state index contributed by atoms with van der Waals surface area (Å²) in [5.41, 5.74) is 9.11. The quantitative estimate of drug-likeness (QED) is 0.439. The van der Waals surface area contributed by atoms with Crippen LogP contribution < -0.4 is 15.5 Å². The van der Waals surface area contributed by atoms with E-state index in [9.17, 15) is 9.90 Å². The van der Waals surface area contributed by atoms with Gasteiger partial charge in [0.05, 0.1) is 16.7 Å². The Hall–Kier alpha value is -3.26. The van der Waals surface area contributed by atoms with Crippen LogP contribution in [-0.2, 0) is 7.05 Å². The van der Waals surface area contributed by atoms with E-state index in [1.165, 1.54) is 7.05 Å². The number of rotatable bonds is 3. The zero-order valence-electron chi connectivity index (χ0n) is 14.0. The molecule has 0 amide bonds. The number of carbonyl (C=O) groups excluding carboxylic acids is 1. The van der Waals surface area contributed by atoms with Crippen molar-refractivity contribution < 1.29 is 19.1 Å². The lowest BCUT2D eigenvalue weighted by molar-refractivity contribution is -0.741. The SMILES string of the molecule is Cc1cc2c(N)c(C(=O)c3c([O-])on[n+]3C)sc2nc1-c1ccccc1. The average molecular weight is 366 g/mol. The molecule has 0 unspecified atom stereocenters. The number of pyridine rings is 1. The van der Waals surface area contributed by atoms with E-state index in [-0.39, 0.29) is 10.6 Å². The number of aryl methyl sites for hydroxylation is 2. The van der Waals surface area contributed by atoms with E-state index in [1.54, 1.807) is 0 Å². The van der Waals surface area contributed by atoms with Crippen LogP contribution in [0.1, 0.15) is 20.9 Å². The van der Waals surface area contributed by atoms with Gasteiger partial charge in [-0.3, -0.25) is 4.79 Å².